The van der Waals surface area contributed by atoms with Crippen molar-refractivity contribution in [3.63, 3.8) is 0 Å². The van der Waals surface area contributed by atoms with Gasteiger partial charge < -0.3 is 10.4 Å². The number of aliphatic hydroxyl groups is 1. The summed E-state index contributed by atoms with van der Waals surface area (Å²) in [4.78, 5) is 12.8. The summed E-state index contributed by atoms with van der Waals surface area (Å²) in [6.07, 6.45) is 4.45. The first-order valence-electron chi connectivity index (χ1n) is 9.42. The second kappa shape index (κ2) is 7.67. The second-order valence-electron chi connectivity index (χ2n) is 7.20. The zero-order valence-corrected chi connectivity index (χ0v) is 15.2. The maximum atomic E-state index is 14.1. The summed E-state index contributed by atoms with van der Waals surface area (Å²) in [5, 5.41) is 17.3. The molecule has 1 aromatic carbocycles. The Morgan fingerprint density at radius 1 is 1.18 bits per heavy atom. The Kier molecular flexibility index (Phi) is 5.09. The van der Waals surface area contributed by atoms with Gasteiger partial charge in [0.15, 0.2) is 11.6 Å². The summed E-state index contributed by atoms with van der Waals surface area (Å²) in [5.74, 6) is -2.13. The number of amides is 1. The molecule has 0 spiro atoms. The highest BCUT2D eigenvalue weighted by molar-refractivity contribution is 5.94. The number of carbonyl (C=O) groups is 1. The molecule has 1 fully saturated rings. The number of hydrogen-bond donors (Lipinski definition) is 2. The van der Waals surface area contributed by atoms with Crippen molar-refractivity contribution in [3.8, 4) is 0 Å². The van der Waals surface area contributed by atoms with E-state index in [1.165, 1.54) is 16.6 Å². The molecular weight excluding hydrogens is 364 g/mol. The zero-order valence-electron chi connectivity index (χ0n) is 15.2. The van der Waals surface area contributed by atoms with Gasteiger partial charge in [-0.2, -0.15) is 5.10 Å². The Balaban J connectivity index is 1.66. The number of aromatic nitrogens is 2. The SMILES string of the molecule is O=C(N[C@H]1CCCC[C@@H]1O)c1cc(Cc2cccc(F)c2F)c2cccnn12. The van der Waals surface area contributed by atoms with Crippen LogP contribution >= 0.6 is 0 Å². The van der Waals surface area contributed by atoms with Gasteiger partial charge in [0.25, 0.3) is 5.91 Å². The van der Waals surface area contributed by atoms with E-state index < -0.39 is 17.7 Å². The molecule has 1 aliphatic rings. The molecule has 2 N–H and O–H groups in total. The van der Waals surface area contributed by atoms with Crippen LogP contribution in [-0.2, 0) is 6.42 Å². The van der Waals surface area contributed by atoms with E-state index in [0.29, 0.717) is 23.2 Å². The van der Waals surface area contributed by atoms with Crippen molar-refractivity contribution in [1.82, 2.24) is 14.9 Å². The van der Waals surface area contributed by atoms with Crippen LogP contribution in [0.15, 0.2) is 42.6 Å². The van der Waals surface area contributed by atoms with E-state index in [2.05, 4.69) is 10.4 Å². The van der Waals surface area contributed by atoms with E-state index in [1.54, 1.807) is 24.4 Å². The lowest BCUT2D eigenvalue weighted by molar-refractivity contribution is 0.0712. The highest BCUT2D eigenvalue weighted by Crippen LogP contribution is 2.23. The predicted molar refractivity (Wildman–Crippen MR) is 100 cm³/mol. The van der Waals surface area contributed by atoms with Crippen molar-refractivity contribution in [2.45, 2.75) is 44.2 Å². The minimum absolute atomic E-state index is 0.137. The minimum Gasteiger partial charge on any atom is -0.391 e. The van der Waals surface area contributed by atoms with E-state index in [1.807, 2.05) is 0 Å². The third-order valence-electron chi connectivity index (χ3n) is 5.31. The summed E-state index contributed by atoms with van der Waals surface area (Å²) in [5.41, 5.74) is 1.85. The summed E-state index contributed by atoms with van der Waals surface area (Å²) < 4.78 is 29.1. The number of fused-ring (bicyclic) bond motifs is 1. The fourth-order valence-electron chi connectivity index (χ4n) is 3.82. The quantitative estimate of drug-likeness (QED) is 0.725. The molecule has 0 bridgehead atoms. The lowest BCUT2D eigenvalue weighted by atomic mass is 9.92. The number of halogens is 2. The fraction of sp³-hybridized carbons (Fsp3) is 0.333. The molecule has 4 rings (SSSR count). The minimum atomic E-state index is -0.900. The molecule has 28 heavy (non-hydrogen) atoms. The van der Waals surface area contributed by atoms with Crippen molar-refractivity contribution in [2.24, 2.45) is 0 Å². The average Bonchev–Trinajstić information content (AvgIpc) is 3.06. The summed E-state index contributed by atoms with van der Waals surface area (Å²) >= 11 is 0. The fourth-order valence-corrected chi connectivity index (χ4v) is 3.82. The monoisotopic (exact) mass is 385 g/mol. The van der Waals surface area contributed by atoms with Crippen LogP contribution in [0.3, 0.4) is 0 Å². The van der Waals surface area contributed by atoms with Gasteiger partial charge in [0.2, 0.25) is 0 Å². The molecule has 2 aromatic heterocycles. The first kappa shape index (κ1) is 18.6. The number of aliphatic hydroxyl groups excluding tert-OH is 1. The van der Waals surface area contributed by atoms with Gasteiger partial charge in [-0.1, -0.05) is 25.0 Å². The van der Waals surface area contributed by atoms with Gasteiger partial charge in [-0.05, 0) is 48.2 Å². The standard InChI is InChI=1S/C21H21F2N3O2/c22-15-6-3-5-13(20(15)23)11-14-12-18(26-17(14)8-4-10-24-26)21(28)25-16-7-1-2-9-19(16)27/h3-6,8,10,12,16,19,27H,1-2,7,9,11H2,(H,25,28)/t16-,19-/m0/s1. The topological polar surface area (TPSA) is 66.6 Å². The first-order chi connectivity index (χ1) is 13.5. The highest BCUT2D eigenvalue weighted by atomic mass is 19.2. The number of rotatable bonds is 4. The molecule has 2 atom stereocenters. The number of nitrogens with one attached hydrogen (secondary N) is 1. The second-order valence-corrected chi connectivity index (χ2v) is 7.20. The van der Waals surface area contributed by atoms with Crippen LogP contribution < -0.4 is 5.32 Å². The van der Waals surface area contributed by atoms with Gasteiger partial charge in [-0.25, -0.2) is 13.3 Å². The maximum absolute atomic E-state index is 14.1. The largest absolute Gasteiger partial charge is 0.391 e. The van der Waals surface area contributed by atoms with Crippen LogP contribution in [0.5, 0.6) is 0 Å². The number of carbonyl (C=O) groups excluding carboxylic acids is 1. The number of nitrogens with zero attached hydrogens (tertiary/aromatic N) is 2. The third-order valence-corrected chi connectivity index (χ3v) is 5.31. The summed E-state index contributed by atoms with van der Waals surface area (Å²) in [6, 6.07) is 8.93. The van der Waals surface area contributed by atoms with Gasteiger partial charge >= 0.3 is 0 Å². The van der Waals surface area contributed by atoms with Crippen LogP contribution in [0.2, 0.25) is 0 Å². The summed E-state index contributed by atoms with van der Waals surface area (Å²) in [6.45, 7) is 0. The van der Waals surface area contributed by atoms with E-state index in [0.717, 1.165) is 25.3 Å². The van der Waals surface area contributed by atoms with Gasteiger partial charge in [0.1, 0.15) is 5.69 Å². The molecular formula is C21H21F2N3O2. The molecule has 2 heterocycles. The normalized spacial score (nSPS) is 19.7. The Labute approximate surface area is 161 Å². The highest BCUT2D eigenvalue weighted by Gasteiger charge is 2.26. The molecule has 5 nitrogen and oxygen atoms in total. The van der Waals surface area contributed by atoms with Crippen molar-refractivity contribution in [1.29, 1.82) is 0 Å². The Hall–Kier alpha value is -2.80. The molecule has 3 aromatic rings. The van der Waals surface area contributed by atoms with E-state index in [4.69, 9.17) is 0 Å². The molecule has 0 unspecified atom stereocenters. The van der Waals surface area contributed by atoms with Gasteiger partial charge in [0.05, 0.1) is 17.7 Å². The lowest BCUT2D eigenvalue weighted by Crippen LogP contribution is -2.45. The molecule has 0 aliphatic heterocycles. The van der Waals surface area contributed by atoms with Gasteiger partial charge in [0, 0.05) is 12.6 Å². The molecule has 146 valence electrons. The van der Waals surface area contributed by atoms with Gasteiger partial charge in [-0.15, -0.1) is 0 Å². The van der Waals surface area contributed by atoms with E-state index in [-0.39, 0.29) is 23.9 Å². The van der Waals surface area contributed by atoms with Crippen LogP contribution in [-0.4, -0.2) is 32.8 Å². The van der Waals surface area contributed by atoms with E-state index >= 15 is 0 Å². The Bertz CT molecular complexity index is 1020. The van der Waals surface area contributed by atoms with Crippen molar-refractivity contribution in [2.75, 3.05) is 0 Å². The van der Waals surface area contributed by atoms with Crippen LogP contribution in [0.4, 0.5) is 8.78 Å². The predicted octanol–water partition coefficient (Wildman–Crippen LogP) is 3.24. The first-order valence-corrected chi connectivity index (χ1v) is 9.42. The van der Waals surface area contributed by atoms with Crippen LogP contribution in [0.1, 0.15) is 47.3 Å². The van der Waals surface area contributed by atoms with Crippen molar-refractivity contribution >= 4 is 11.4 Å². The molecule has 0 radical (unpaired) electrons. The molecule has 1 amide bonds. The molecule has 1 saturated carbocycles. The Morgan fingerprint density at radius 3 is 2.82 bits per heavy atom. The van der Waals surface area contributed by atoms with Crippen molar-refractivity contribution in [3.05, 3.63) is 71.1 Å². The zero-order chi connectivity index (χ0) is 19.7. The molecule has 0 saturated heterocycles. The van der Waals surface area contributed by atoms with Crippen LogP contribution in [0, 0.1) is 11.6 Å². The average molecular weight is 385 g/mol. The van der Waals surface area contributed by atoms with Crippen LogP contribution in [0.25, 0.3) is 5.52 Å². The summed E-state index contributed by atoms with van der Waals surface area (Å²) in [7, 11) is 0. The van der Waals surface area contributed by atoms with Crippen molar-refractivity contribution < 1.29 is 18.7 Å². The maximum Gasteiger partial charge on any atom is 0.270 e. The smallest absolute Gasteiger partial charge is 0.270 e. The Morgan fingerprint density at radius 2 is 2.00 bits per heavy atom. The van der Waals surface area contributed by atoms with E-state index in [9.17, 15) is 18.7 Å². The molecule has 7 heteroatoms. The lowest BCUT2D eigenvalue weighted by Gasteiger charge is -2.28. The third kappa shape index (κ3) is 3.49. The number of benzene rings is 1. The van der Waals surface area contributed by atoms with Gasteiger partial charge in [-0.3, -0.25) is 4.79 Å². The molecule has 1 aliphatic carbocycles. The number of hydrogen-bond acceptors (Lipinski definition) is 3.